The van der Waals surface area contributed by atoms with E-state index in [0.717, 1.165) is 17.0 Å². The molecular weight excluding hydrogens is 458 g/mol. The van der Waals surface area contributed by atoms with Crippen molar-refractivity contribution in [2.75, 3.05) is 18.5 Å². The summed E-state index contributed by atoms with van der Waals surface area (Å²) in [5, 5.41) is 14.5. The molecule has 1 amide bonds. The van der Waals surface area contributed by atoms with Crippen LogP contribution in [0, 0.1) is 18.3 Å². The summed E-state index contributed by atoms with van der Waals surface area (Å²) >= 11 is 1.31. The largest absolute Gasteiger partial charge is 0.490 e. The number of rotatable bonds is 9. The van der Waals surface area contributed by atoms with Crippen LogP contribution in [0.5, 0.6) is 11.5 Å². The van der Waals surface area contributed by atoms with E-state index in [1.165, 1.54) is 23.0 Å². The third-order valence-electron chi connectivity index (χ3n) is 4.99. The Hall–Kier alpha value is -4.41. The van der Waals surface area contributed by atoms with Crippen molar-refractivity contribution in [1.82, 2.24) is 4.98 Å². The number of aromatic nitrogens is 1. The molecule has 0 radical (unpaired) electrons. The first-order chi connectivity index (χ1) is 17.1. The molecular formula is C28H23N3O3S. The van der Waals surface area contributed by atoms with Crippen LogP contribution in [0.2, 0.25) is 0 Å². The number of carbonyl (C=O) groups is 1. The van der Waals surface area contributed by atoms with Crippen LogP contribution in [0.1, 0.15) is 11.1 Å². The lowest BCUT2D eigenvalue weighted by molar-refractivity contribution is -0.112. The van der Waals surface area contributed by atoms with Crippen LogP contribution in [0.25, 0.3) is 17.3 Å². The molecule has 3 aromatic carbocycles. The summed E-state index contributed by atoms with van der Waals surface area (Å²) in [6, 6.07) is 26.7. The van der Waals surface area contributed by atoms with Crippen molar-refractivity contribution >= 4 is 28.5 Å². The minimum atomic E-state index is -0.505. The van der Waals surface area contributed by atoms with E-state index in [2.05, 4.69) is 10.3 Å². The van der Waals surface area contributed by atoms with E-state index in [-0.39, 0.29) is 5.57 Å². The van der Waals surface area contributed by atoms with Gasteiger partial charge < -0.3 is 9.47 Å². The first kappa shape index (κ1) is 23.7. The van der Waals surface area contributed by atoms with Gasteiger partial charge in [-0.1, -0.05) is 60.2 Å². The third kappa shape index (κ3) is 6.79. The molecule has 0 saturated heterocycles. The lowest BCUT2D eigenvalue weighted by Crippen LogP contribution is -2.13. The summed E-state index contributed by atoms with van der Waals surface area (Å²) in [7, 11) is 0. The van der Waals surface area contributed by atoms with Gasteiger partial charge in [0.1, 0.15) is 36.4 Å². The van der Waals surface area contributed by atoms with E-state index >= 15 is 0 Å². The Morgan fingerprint density at radius 2 is 1.60 bits per heavy atom. The van der Waals surface area contributed by atoms with Crippen LogP contribution >= 0.6 is 11.3 Å². The highest BCUT2D eigenvalue weighted by Gasteiger charge is 2.12. The van der Waals surface area contributed by atoms with Gasteiger partial charge in [-0.2, -0.15) is 5.26 Å². The SMILES string of the molecule is Cc1ccc(OCCOc2ccc(C=C(C#N)C(=O)Nc3nc(-c4ccccc4)cs3)cc2)cc1. The quantitative estimate of drug-likeness (QED) is 0.177. The number of nitriles is 1. The molecule has 4 rings (SSSR count). The molecule has 0 aliphatic heterocycles. The average Bonchev–Trinajstić information content (AvgIpc) is 3.36. The zero-order valence-electron chi connectivity index (χ0n) is 19.1. The van der Waals surface area contributed by atoms with Crippen molar-refractivity contribution in [3.8, 4) is 28.8 Å². The predicted octanol–water partition coefficient (Wildman–Crippen LogP) is 6.12. The second-order valence-electron chi connectivity index (χ2n) is 7.61. The van der Waals surface area contributed by atoms with Gasteiger partial charge in [-0.3, -0.25) is 10.1 Å². The Labute approximate surface area is 208 Å². The van der Waals surface area contributed by atoms with Crippen LogP contribution in [0.15, 0.2) is 89.8 Å². The van der Waals surface area contributed by atoms with E-state index in [1.54, 1.807) is 24.3 Å². The predicted molar refractivity (Wildman–Crippen MR) is 138 cm³/mol. The molecule has 174 valence electrons. The van der Waals surface area contributed by atoms with E-state index in [0.29, 0.717) is 29.7 Å². The normalized spacial score (nSPS) is 10.9. The smallest absolute Gasteiger partial charge is 0.268 e. The molecule has 0 atom stereocenters. The molecule has 0 unspecified atom stereocenters. The van der Waals surface area contributed by atoms with Crippen molar-refractivity contribution in [3.05, 3.63) is 101 Å². The molecule has 6 nitrogen and oxygen atoms in total. The molecule has 4 aromatic rings. The first-order valence-corrected chi connectivity index (χ1v) is 11.8. The lowest BCUT2D eigenvalue weighted by atomic mass is 10.1. The lowest BCUT2D eigenvalue weighted by Gasteiger charge is -2.09. The summed E-state index contributed by atoms with van der Waals surface area (Å²) in [5.74, 6) is 0.972. The number of aryl methyl sites for hydroxylation is 1. The van der Waals surface area contributed by atoms with Gasteiger partial charge in [-0.05, 0) is 42.8 Å². The van der Waals surface area contributed by atoms with E-state index in [9.17, 15) is 10.1 Å². The number of nitrogens with zero attached hydrogens (tertiary/aromatic N) is 2. The molecule has 1 heterocycles. The maximum absolute atomic E-state index is 12.6. The summed E-state index contributed by atoms with van der Waals surface area (Å²) in [5.41, 5.74) is 3.61. The number of thiazole rings is 1. The summed E-state index contributed by atoms with van der Waals surface area (Å²) in [4.78, 5) is 17.0. The van der Waals surface area contributed by atoms with E-state index in [1.807, 2.05) is 73.0 Å². The molecule has 7 heteroatoms. The Bertz CT molecular complexity index is 1340. The minimum absolute atomic E-state index is 0.0124. The first-order valence-electron chi connectivity index (χ1n) is 11.0. The molecule has 35 heavy (non-hydrogen) atoms. The number of carbonyl (C=O) groups excluding carboxylic acids is 1. The van der Waals surface area contributed by atoms with Crippen molar-refractivity contribution in [3.63, 3.8) is 0 Å². The topological polar surface area (TPSA) is 84.2 Å². The zero-order valence-corrected chi connectivity index (χ0v) is 19.9. The highest BCUT2D eigenvalue weighted by Crippen LogP contribution is 2.25. The van der Waals surface area contributed by atoms with Crippen molar-refractivity contribution in [1.29, 1.82) is 5.26 Å². The van der Waals surface area contributed by atoms with Crippen LogP contribution in [0.3, 0.4) is 0 Å². The number of anilines is 1. The van der Waals surface area contributed by atoms with Gasteiger partial charge >= 0.3 is 0 Å². The summed E-state index contributed by atoms with van der Waals surface area (Å²) < 4.78 is 11.4. The number of benzene rings is 3. The van der Waals surface area contributed by atoms with Gasteiger partial charge in [0, 0.05) is 10.9 Å². The summed E-state index contributed by atoms with van der Waals surface area (Å²) in [6.45, 7) is 2.85. The molecule has 0 spiro atoms. The van der Waals surface area contributed by atoms with Gasteiger partial charge in [-0.15, -0.1) is 11.3 Å². The third-order valence-corrected chi connectivity index (χ3v) is 5.75. The van der Waals surface area contributed by atoms with E-state index in [4.69, 9.17) is 9.47 Å². The van der Waals surface area contributed by atoms with Gasteiger partial charge in [0.2, 0.25) is 0 Å². The molecule has 0 saturated carbocycles. The monoisotopic (exact) mass is 481 g/mol. The highest BCUT2D eigenvalue weighted by molar-refractivity contribution is 7.14. The number of ether oxygens (including phenoxy) is 2. The molecule has 1 aromatic heterocycles. The Balaban J connectivity index is 1.30. The molecule has 0 aliphatic carbocycles. The van der Waals surface area contributed by atoms with Crippen molar-refractivity contribution in [2.45, 2.75) is 6.92 Å². The number of hydrogen-bond acceptors (Lipinski definition) is 6. The standard InChI is InChI=1S/C28H23N3O3S/c1-20-7-11-24(12-8-20)33-15-16-34-25-13-9-21(10-14-25)17-23(18-29)27(32)31-28-30-26(19-35-28)22-5-3-2-4-6-22/h2-14,17,19H,15-16H2,1H3,(H,30,31,32). The average molecular weight is 482 g/mol. The second kappa shape index (κ2) is 11.6. The Morgan fingerprint density at radius 1 is 0.971 bits per heavy atom. The number of amides is 1. The van der Waals surface area contributed by atoms with Gasteiger partial charge in [0.25, 0.3) is 5.91 Å². The maximum atomic E-state index is 12.6. The molecule has 0 bridgehead atoms. The fourth-order valence-corrected chi connectivity index (χ4v) is 3.88. The Kier molecular flexibility index (Phi) is 7.89. The summed E-state index contributed by atoms with van der Waals surface area (Å²) in [6.07, 6.45) is 1.53. The van der Waals surface area contributed by atoms with Gasteiger partial charge in [0.15, 0.2) is 5.13 Å². The van der Waals surface area contributed by atoms with Crippen molar-refractivity contribution in [2.24, 2.45) is 0 Å². The van der Waals surface area contributed by atoms with E-state index < -0.39 is 5.91 Å². The molecule has 0 fully saturated rings. The second-order valence-corrected chi connectivity index (χ2v) is 8.46. The fraction of sp³-hybridized carbons (Fsp3) is 0.107. The van der Waals surface area contributed by atoms with Crippen LogP contribution in [-0.4, -0.2) is 24.1 Å². The van der Waals surface area contributed by atoms with Crippen LogP contribution in [-0.2, 0) is 4.79 Å². The number of nitrogens with one attached hydrogen (secondary N) is 1. The van der Waals surface area contributed by atoms with Crippen molar-refractivity contribution < 1.29 is 14.3 Å². The zero-order chi connectivity index (χ0) is 24.5. The van der Waals surface area contributed by atoms with Gasteiger partial charge in [0.05, 0.1) is 5.69 Å². The molecule has 1 N–H and O–H groups in total. The highest BCUT2D eigenvalue weighted by atomic mass is 32.1. The van der Waals surface area contributed by atoms with Gasteiger partial charge in [-0.25, -0.2) is 4.98 Å². The minimum Gasteiger partial charge on any atom is -0.490 e. The molecule has 0 aliphatic rings. The fourth-order valence-electron chi connectivity index (χ4n) is 3.17. The van der Waals surface area contributed by atoms with Crippen LogP contribution < -0.4 is 14.8 Å². The van der Waals surface area contributed by atoms with Crippen LogP contribution in [0.4, 0.5) is 5.13 Å². The number of hydrogen-bond donors (Lipinski definition) is 1. The Morgan fingerprint density at radius 3 is 2.23 bits per heavy atom. The maximum Gasteiger partial charge on any atom is 0.268 e.